The van der Waals surface area contributed by atoms with E-state index in [-0.39, 0.29) is 11.4 Å². The van der Waals surface area contributed by atoms with E-state index in [1.54, 1.807) is 4.68 Å². The van der Waals surface area contributed by atoms with Crippen LogP contribution in [0.5, 0.6) is 0 Å². The molecule has 118 valence electrons. The maximum atomic E-state index is 13.1. The Bertz CT molecular complexity index is 748. The van der Waals surface area contributed by atoms with Gasteiger partial charge in [-0.2, -0.15) is 5.10 Å². The second-order valence-corrected chi connectivity index (χ2v) is 6.54. The number of carbonyl (C=O) groups is 1. The predicted octanol–water partition coefficient (Wildman–Crippen LogP) is 1.84. The van der Waals surface area contributed by atoms with E-state index in [0.717, 1.165) is 22.4 Å². The maximum Gasteiger partial charge on any atom is 0.255 e. The van der Waals surface area contributed by atoms with E-state index in [9.17, 15) is 4.79 Å². The van der Waals surface area contributed by atoms with Crippen molar-refractivity contribution in [3.63, 3.8) is 0 Å². The predicted molar refractivity (Wildman–Crippen MR) is 83.9 cm³/mol. The standard InChI is InChI=1S/C16H22N4O2/c1-10-8-12(13-11(2)18-19(5)14(13)17-10)15(21)20-6-7-22-9-16(20,3)4/h8H,6-7,9H2,1-5H3. The summed E-state index contributed by atoms with van der Waals surface area (Å²) in [6, 6.07) is 1.87. The van der Waals surface area contributed by atoms with Gasteiger partial charge in [-0.3, -0.25) is 9.48 Å². The number of amides is 1. The zero-order chi connectivity index (χ0) is 16.1. The van der Waals surface area contributed by atoms with Crippen molar-refractivity contribution in [3.8, 4) is 0 Å². The van der Waals surface area contributed by atoms with Gasteiger partial charge in [0, 0.05) is 19.3 Å². The highest BCUT2D eigenvalue weighted by Crippen LogP contribution is 2.27. The molecule has 1 fully saturated rings. The summed E-state index contributed by atoms with van der Waals surface area (Å²) in [5.41, 5.74) is 2.79. The summed E-state index contributed by atoms with van der Waals surface area (Å²) in [6.07, 6.45) is 0. The molecule has 1 aliphatic rings. The Labute approximate surface area is 130 Å². The van der Waals surface area contributed by atoms with Crippen LogP contribution in [0.3, 0.4) is 0 Å². The number of ether oxygens (including phenoxy) is 1. The number of aromatic nitrogens is 3. The first-order valence-corrected chi connectivity index (χ1v) is 7.52. The number of nitrogens with zero attached hydrogens (tertiary/aromatic N) is 4. The van der Waals surface area contributed by atoms with Gasteiger partial charge >= 0.3 is 0 Å². The van der Waals surface area contributed by atoms with E-state index in [1.807, 2.05) is 45.7 Å². The lowest BCUT2D eigenvalue weighted by molar-refractivity contribution is -0.0369. The van der Waals surface area contributed by atoms with E-state index >= 15 is 0 Å². The first-order valence-electron chi connectivity index (χ1n) is 7.52. The van der Waals surface area contributed by atoms with Gasteiger partial charge in [0.2, 0.25) is 0 Å². The van der Waals surface area contributed by atoms with Crippen LogP contribution in [0.25, 0.3) is 11.0 Å². The summed E-state index contributed by atoms with van der Waals surface area (Å²) in [7, 11) is 1.86. The molecule has 0 bridgehead atoms. The molecule has 1 aliphatic heterocycles. The molecular formula is C16H22N4O2. The third kappa shape index (κ3) is 2.27. The lowest BCUT2D eigenvalue weighted by Gasteiger charge is -2.42. The minimum Gasteiger partial charge on any atom is -0.377 e. The molecule has 2 aromatic rings. The van der Waals surface area contributed by atoms with Crippen LogP contribution < -0.4 is 0 Å². The van der Waals surface area contributed by atoms with Crippen molar-refractivity contribution in [2.45, 2.75) is 33.2 Å². The SMILES string of the molecule is Cc1cc(C(=O)N2CCOCC2(C)C)c2c(C)nn(C)c2n1. The first-order chi connectivity index (χ1) is 10.3. The summed E-state index contributed by atoms with van der Waals surface area (Å²) in [5, 5.41) is 5.26. The van der Waals surface area contributed by atoms with Crippen molar-refractivity contribution >= 4 is 16.9 Å². The van der Waals surface area contributed by atoms with Gasteiger partial charge < -0.3 is 9.64 Å². The molecular weight excluding hydrogens is 280 g/mol. The van der Waals surface area contributed by atoms with Crippen molar-refractivity contribution in [2.24, 2.45) is 7.05 Å². The normalized spacial score (nSPS) is 18.0. The van der Waals surface area contributed by atoms with Gasteiger partial charge in [0.1, 0.15) is 0 Å². The van der Waals surface area contributed by atoms with E-state index in [0.29, 0.717) is 25.3 Å². The average molecular weight is 302 g/mol. The number of hydrogen-bond acceptors (Lipinski definition) is 4. The number of carbonyl (C=O) groups excluding carboxylic acids is 1. The number of aryl methyl sites for hydroxylation is 3. The van der Waals surface area contributed by atoms with Gasteiger partial charge in [0.15, 0.2) is 5.65 Å². The number of morpholine rings is 1. The second kappa shape index (κ2) is 5.05. The van der Waals surface area contributed by atoms with E-state index < -0.39 is 0 Å². The monoisotopic (exact) mass is 302 g/mol. The Hall–Kier alpha value is -1.95. The Morgan fingerprint density at radius 1 is 1.36 bits per heavy atom. The van der Waals surface area contributed by atoms with Crippen LogP contribution in [-0.4, -0.2) is 50.9 Å². The Kier molecular flexibility index (Phi) is 3.44. The molecule has 0 spiro atoms. The zero-order valence-corrected chi connectivity index (χ0v) is 13.8. The van der Waals surface area contributed by atoms with Gasteiger partial charge in [-0.25, -0.2) is 4.98 Å². The quantitative estimate of drug-likeness (QED) is 0.806. The number of rotatable bonds is 1. The lowest BCUT2D eigenvalue weighted by atomic mass is 9.99. The molecule has 0 aliphatic carbocycles. The molecule has 6 heteroatoms. The molecule has 0 radical (unpaired) electrons. The molecule has 0 aromatic carbocycles. The summed E-state index contributed by atoms with van der Waals surface area (Å²) in [6.45, 7) is 9.63. The van der Waals surface area contributed by atoms with Gasteiger partial charge in [0.05, 0.1) is 35.4 Å². The fraction of sp³-hybridized carbons (Fsp3) is 0.562. The second-order valence-electron chi connectivity index (χ2n) is 6.54. The third-order valence-corrected chi connectivity index (χ3v) is 4.22. The van der Waals surface area contributed by atoms with Crippen LogP contribution >= 0.6 is 0 Å². The van der Waals surface area contributed by atoms with Crippen LogP contribution in [0.2, 0.25) is 0 Å². The van der Waals surface area contributed by atoms with Crippen LogP contribution in [-0.2, 0) is 11.8 Å². The molecule has 0 unspecified atom stereocenters. The van der Waals surface area contributed by atoms with Crippen LogP contribution in [0, 0.1) is 13.8 Å². The molecule has 0 saturated carbocycles. The van der Waals surface area contributed by atoms with Crippen molar-refractivity contribution < 1.29 is 9.53 Å². The number of hydrogen-bond donors (Lipinski definition) is 0. The molecule has 1 amide bonds. The van der Waals surface area contributed by atoms with E-state index in [1.165, 1.54) is 0 Å². The molecule has 2 aromatic heterocycles. The molecule has 3 heterocycles. The molecule has 0 N–H and O–H groups in total. The zero-order valence-electron chi connectivity index (χ0n) is 13.8. The minimum atomic E-state index is -0.311. The van der Waals surface area contributed by atoms with Crippen molar-refractivity contribution in [2.75, 3.05) is 19.8 Å². The van der Waals surface area contributed by atoms with Crippen molar-refractivity contribution in [1.82, 2.24) is 19.7 Å². The average Bonchev–Trinajstić information content (AvgIpc) is 2.72. The Balaban J connectivity index is 2.15. The number of fused-ring (bicyclic) bond motifs is 1. The maximum absolute atomic E-state index is 13.1. The van der Waals surface area contributed by atoms with Crippen LogP contribution in [0.15, 0.2) is 6.07 Å². The third-order valence-electron chi connectivity index (χ3n) is 4.22. The van der Waals surface area contributed by atoms with Gasteiger partial charge in [-0.05, 0) is 33.8 Å². The first kappa shape index (κ1) is 15.0. The summed E-state index contributed by atoms with van der Waals surface area (Å²) >= 11 is 0. The Morgan fingerprint density at radius 3 is 2.77 bits per heavy atom. The molecule has 22 heavy (non-hydrogen) atoms. The highest BCUT2D eigenvalue weighted by molar-refractivity contribution is 6.06. The summed E-state index contributed by atoms with van der Waals surface area (Å²) in [5.74, 6) is 0.0277. The largest absolute Gasteiger partial charge is 0.377 e. The molecule has 3 rings (SSSR count). The van der Waals surface area contributed by atoms with Crippen molar-refractivity contribution in [1.29, 1.82) is 0 Å². The van der Waals surface area contributed by atoms with Gasteiger partial charge in [-0.1, -0.05) is 0 Å². The van der Waals surface area contributed by atoms with E-state index in [2.05, 4.69) is 10.1 Å². The smallest absolute Gasteiger partial charge is 0.255 e. The molecule has 6 nitrogen and oxygen atoms in total. The number of pyridine rings is 1. The van der Waals surface area contributed by atoms with Crippen LogP contribution in [0.4, 0.5) is 0 Å². The lowest BCUT2D eigenvalue weighted by Crippen LogP contribution is -2.55. The highest BCUT2D eigenvalue weighted by Gasteiger charge is 2.35. The Morgan fingerprint density at radius 2 is 2.09 bits per heavy atom. The molecule has 0 atom stereocenters. The van der Waals surface area contributed by atoms with E-state index in [4.69, 9.17) is 4.74 Å². The molecule has 1 saturated heterocycles. The topological polar surface area (TPSA) is 60.3 Å². The fourth-order valence-electron chi connectivity index (χ4n) is 3.12. The van der Waals surface area contributed by atoms with Gasteiger partial charge in [0.25, 0.3) is 5.91 Å². The fourth-order valence-corrected chi connectivity index (χ4v) is 3.12. The summed E-state index contributed by atoms with van der Waals surface area (Å²) in [4.78, 5) is 19.6. The van der Waals surface area contributed by atoms with Crippen molar-refractivity contribution in [3.05, 3.63) is 23.0 Å². The van der Waals surface area contributed by atoms with Crippen LogP contribution in [0.1, 0.15) is 35.6 Å². The highest BCUT2D eigenvalue weighted by atomic mass is 16.5. The van der Waals surface area contributed by atoms with Gasteiger partial charge in [-0.15, -0.1) is 0 Å². The summed E-state index contributed by atoms with van der Waals surface area (Å²) < 4.78 is 7.25. The minimum absolute atomic E-state index is 0.0277.